The van der Waals surface area contributed by atoms with Crippen LogP contribution in [-0.4, -0.2) is 30.1 Å². The van der Waals surface area contributed by atoms with Crippen molar-refractivity contribution in [3.8, 4) is 11.5 Å². The zero-order valence-electron chi connectivity index (χ0n) is 18.2. The van der Waals surface area contributed by atoms with Crippen molar-refractivity contribution in [3.63, 3.8) is 0 Å². The quantitative estimate of drug-likeness (QED) is 0.254. The number of anilines is 1. The van der Waals surface area contributed by atoms with Crippen molar-refractivity contribution in [2.75, 3.05) is 18.5 Å². The Morgan fingerprint density at radius 2 is 1.70 bits per heavy atom. The predicted octanol–water partition coefficient (Wildman–Crippen LogP) is 4.37. The number of rotatable bonds is 11. The zero-order chi connectivity index (χ0) is 23.8. The molecule has 0 aliphatic carbocycles. The Kier molecular flexibility index (Phi) is 7.86. The van der Waals surface area contributed by atoms with Gasteiger partial charge in [-0.05, 0) is 66.6 Å². The molecule has 0 saturated heterocycles. The van der Waals surface area contributed by atoms with Crippen molar-refractivity contribution < 1.29 is 23.8 Å². The largest absolute Gasteiger partial charge is 0.494 e. The van der Waals surface area contributed by atoms with E-state index >= 15 is 0 Å². The van der Waals surface area contributed by atoms with Crippen molar-refractivity contribution >= 4 is 17.5 Å². The number of halogens is 1. The van der Waals surface area contributed by atoms with Crippen molar-refractivity contribution in [2.45, 2.75) is 19.4 Å². The fraction of sp³-hybridized carbons (Fsp3) is 0.200. The molecule has 7 nitrogen and oxygen atoms in total. The third kappa shape index (κ3) is 6.70. The second-order valence-electron chi connectivity index (χ2n) is 7.30. The average molecular weight is 451 g/mol. The van der Waals surface area contributed by atoms with Crippen molar-refractivity contribution in [2.24, 2.45) is 5.73 Å². The van der Waals surface area contributed by atoms with Crippen LogP contribution in [-0.2, 0) is 11.2 Å². The van der Waals surface area contributed by atoms with Gasteiger partial charge in [0.1, 0.15) is 23.2 Å². The summed E-state index contributed by atoms with van der Waals surface area (Å²) >= 11 is 0. The van der Waals surface area contributed by atoms with Crippen LogP contribution < -0.4 is 20.5 Å². The monoisotopic (exact) mass is 451 g/mol. The third-order valence-corrected chi connectivity index (χ3v) is 4.87. The van der Waals surface area contributed by atoms with Crippen LogP contribution in [0, 0.1) is 11.2 Å². The molecule has 5 N–H and O–H groups in total. The van der Waals surface area contributed by atoms with Gasteiger partial charge in [-0.15, -0.1) is 0 Å². The molecule has 0 heterocycles. The molecule has 3 rings (SSSR count). The lowest BCUT2D eigenvalue weighted by Gasteiger charge is -2.19. The van der Waals surface area contributed by atoms with Gasteiger partial charge >= 0.3 is 5.97 Å². The van der Waals surface area contributed by atoms with Gasteiger partial charge in [-0.25, -0.2) is 9.18 Å². The average Bonchev–Trinajstić information content (AvgIpc) is 2.79. The van der Waals surface area contributed by atoms with Crippen LogP contribution in [0.3, 0.4) is 0 Å². The highest BCUT2D eigenvalue weighted by molar-refractivity contribution is 5.95. The predicted molar refractivity (Wildman–Crippen MR) is 125 cm³/mol. The van der Waals surface area contributed by atoms with Gasteiger partial charge < -0.3 is 25.6 Å². The maximum Gasteiger partial charge on any atom is 0.330 e. The first-order chi connectivity index (χ1) is 15.9. The minimum absolute atomic E-state index is 0.0665. The van der Waals surface area contributed by atoms with Crippen LogP contribution in [0.1, 0.15) is 29.7 Å². The first-order valence-electron chi connectivity index (χ1n) is 10.4. The van der Waals surface area contributed by atoms with Crippen LogP contribution in [0.15, 0.2) is 66.7 Å². The second-order valence-corrected chi connectivity index (χ2v) is 7.30. The maximum atomic E-state index is 13.1. The molecule has 0 bridgehead atoms. The Hall–Kier alpha value is -4.07. The number of hydrogen-bond donors (Lipinski definition) is 4. The van der Waals surface area contributed by atoms with E-state index in [2.05, 4.69) is 5.32 Å². The highest BCUT2D eigenvalue weighted by Crippen LogP contribution is 2.29. The van der Waals surface area contributed by atoms with E-state index in [-0.39, 0.29) is 11.7 Å². The van der Waals surface area contributed by atoms with Gasteiger partial charge in [0.15, 0.2) is 6.04 Å². The van der Waals surface area contributed by atoms with Gasteiger partial charge in [-0.1, -0.05) is 12.1 Å². The molecule has 0 aliphatic rings. The number of hydrogen-bond acceptors (Lipinski definition) is 5. The molecule has 0 aliphatic heterocycles. The van der Waals surface area contributed by atoms with Gasteiger partial charge in [0.25, 0.3) is 0 Å². The molecule has 0 radical (unpaired) electrons. The van der Waals surface area contributed by atoms with Gasteiger partial charge in [0, 0.05) is 23.7 Å². The summed E-state index contributed by atoms with van der Waals surface area (Å²) < 4.78 is 24.5. The van der Waals surface area contributed by atoms with E-state index in [0.29, 0.717) is 47.9 Å². The molecule has 3 aromatic carbocycles. The molecule has 0 amide bonds. The summed E-state index contributed by atoms with van der Waals surface area (Å²) in [5.41, 5.74) is 7.97. The van der Waals surface area contributed by atoms with E-state index in [9.17, 15) is 14.3 Å². The van der Waals surface area contributed by atoms with Gasteiger partial charge in [-0.2, -0.15) is 0 Å². The summed E-state index contributed by atoms with van der Waals surface area (Å²) in [4.78, 5) is 12.1. The summed E-state index contributed by atoms with van der Waals surface area (Å²) in [6.45, 7) is 2.58. The number of aliphatic carboxylic acids is 1. The number of nitrogen functional groups attached to an aromatic ring is 1. The van der Waals surface area contributed by atoms with E-state index in [4.69, 9.17) is 20.6 Å². The Balaban J connectivity index is 1.79. The van der Waals surface area contributed by atoms with E-state index in [1.165, 1.54) is 12.1 Å². The smallest absolute Gasteiger partial charge is 0.330 e. The maximum absolute atomic E-state index is 13.1. The number of ether oxygens (including phenoxy) is 2. The number of carboxylic acid groups (broad SMARTS) is 1. The molecule has 1 unspecified atom stereocenters. The molecule has 3 aromatic rings. The van der Waals surface area contributed by atoms with E-state index in [1.54, 1.807) is 54.6 Å². The van der Waals surface area contributed by atoms with E-state index < -0.39 is 12.0 Å². The minimum atomic E-state index is -1.07. The topological polar surface area (TPSA) is 118 Å². The first-order valence-corrected chi connectivity index (χ1v) is 10.4. The molecule has 0 spiro atoms. The standard InChI is InChI=1S/C25H26FN3O4/c1-2-32-21-13-18(14-22(15-21)33-12-11-16-3-7-19(26)8-4-16)23(25(30)31)29-20-9-5-17(6-10-20)24(27)28/h3-10,13-15,23,29H,2,11-12H2,1H3,(H3,27,28)(H,30,31). The zero-order valence-corrected chi connectivity index (χ0v) is 18.2. The highest BCUT2D eigenvalue weighted by Gasteiger charge is 2.22. The third-order valence-electron chi connectivity index (χ3n) is 4.87. The Morgan fingerprint density at radius 1 is 1.06 bits per heavy atom. The normalized spacial score (nSPS) is 11.5. The lowest BCUT2D eigenvalue weighted by molar-refractivity contribution is -0.138. The van der Waals surface area contributed by atoms with E-state index in [1.807, 2.05) is 6.92 Å². The van der Waals surface area contributed by atoms with Crippen LogP contribution in [0.5, 0.6) is 11.5 Å². The molecule has 8 heteroatoms. The molecule has 33 heavy (non-hydrogen) atoms. The Bertz CT molecular complexity index is 1100. The number of benzene rings is 3. The number of nitrogens with one attached hydrogen (secondary N) is 2. The van der Waals surface area contributed by atoms with Crippen molar-refractivity contribution in [1.82, 2.24) is 0 Å². The summed E-state index contributed by atoms with van der Waals surface area (Å²) in [6, 6.07) is 16.8. The summed E-state index contributed by atoms with van der Waals surface area (Å²) in [6.07, 6.45) is 0.567. The Morgan fingerprint density at radius 3 is 2.27 bits per heavy atom. The molecule has 1 atom stereocenters. The lowest BCUT2D eigenvalue weighted by atomic mass is 10.1. The number of carbonyl (C=O) groups is 1. The number of carboxylic acids is 1. The fourth-order valence-electron chi connectivity index (χ4n) is 3.23. The molecular weight excluding hydrogens is 425 g/mol. The van der Waals surface area contributed by atoms with Crippen molar-refractivity contribution in [1.29, 1.82) is 5.41 Å². The van der Waals surface area contributed by atoms with Crippen LogP contribution in [0.25, 0.3) is 0 Å². The lowest BCUT2D eigenvalue weighted by Crippen LogP contribution is -2.21. The fourth-order valence-corrected chi connectivity index (χ4v) is 3.23. The summed E-state index contributed by atoms with van der Waals surface area (Å²) in [5, 5.41) is 20.3. The van der Waals surface area contributed by atoms with Gasteiger partial charge in [-0.3, -0.25) is 5.41 Å². The molecule has 172 valence electrons. The minimum Gasteiger partial charge on any atom is -0.494 e. The summed E-state index contributed by atoms with van der Waals surface area (Å²) in [7, 11) is 0. The van der Waals surface area contributed by atoms with Crippen LogP contribution >= 0.6 is 0 Å². The SMILES string of the molecule is CCOc1cc(OCCc2ccc(F)cc2)cc(C(Nc2ccc(C(=N)N)cc2)C(=O)O)c1. The molecule has 0 fully saturated rings. The Labute approximate surface area is 191 Å². The highest BCUT2D eigenvalue weighted by atomic mass is 19.1. The molecule has 0 aromatic heterocycles. The van der Waals surface area contributed by atoms with Gasteiger partial charge in [0.2, 0.25) is 0 Å². The van der Waals surface area contributed by atoms with Crippen LogP contribution in [0.2, 0.25) is 0 Å². The molecule has 0 saturated carbocycles. The number of nitrogens with two attached hydrogens (primary N) is 1. The summed E-state index contributed by atoms with van der Waals surface area (Å²) in [5.74, 6) is -0.471. The van der Waals surface area contributed by atoms with Gasteiger partial charge in [0.05, 0.1) is 13.2 Å². The van der Waals surface area contributed by atoms with Crippen LogP contribution in [0.4, 0.5) is 10.1 Å². The van der Waals surface area contributed by atoms with E-state index in [0.717, 1.165) is 5.56 Å². The number of amidine groups is 1. The first kappa shape index (κ1) is 23.6. The second kappa shape index (κ2) is 11.0. The molecular formula is C25H26FN3O4. The van der Waals surface area contributed by atoms with Crippen molar-refractivity contribution in [3.05, 3.63) is 89.2 Å².